The first-order valence-electron chi connectivity index (χ1n) is 11.1. The van der Waals surface area contributed by atoms with Crippen molar-refractivity contribution in [2.75, 3.05) is 16.2 Å². The van der Waals surface area contributed by atoms with Gasteiger partial charge in [0, 0.05) is 18.2 Å². The number of aryl methyl sites for hydroxylation is 1. The van der Waals surface area contributed by atoms with Gasteiger partial charge in [0.05, 0.1) is 22.0 Å². The molecule has 0 atom stereocenters. The molecule has 9 heteroatoms. The summed E-state index contributed by atoms with van der Waals surface area (Å²) in [6, 6.07) is 21.3. The zero-order valence-electron chi connectivity index (χ0n) is 19.5. The van der Waals surface area contributed by atoms with Crippen molar-refractivity contribution in [3.05, 3.63) is 94.4 Å². The van der Waals surface area contributed by atoms with Gasteiger partial charge in [-0.3, -0.25) is 18.6 Å². The van der Waals surface area contributed by atoms with Crippen LogP contribution in [0, 0.1) is 13.8 Å². The summed E-state index contributed by atoms with van der Waals surface area (Å²) in [6.45, 7) is 3.19. The topological polar surface area (TPSA) is 93.4 Å². The van der Waals surface area contributed by atoms with Gasteiger partial charge in [0.1, 0.15) is 12.2 Å². The Kier molecular flexibility index (Phi) is 5.36. The highest BCUT2D eigenvalue weighted by molar-refractivity contribution is 7.93. The van der Waals surface area contributed by atoms with Crippen LogP contribution >= 0.6 is 0 Å². The van der Waals surface area contributed by atoms with E-state index in [1.54, 1.807) is 61.1 Å². The Hall–Kier alpha value is -4.11. The van der Waals surface area contributed by atoms with Crippen LogP contribution in [0.15, 0.2) is 82.5 Å². The predicted molar refractivity (Wildman–Crippen MR) is 136 cm³/mol. The first-order valence-corrected chi connectivity index (χ1v) is 12.5. The fourth-order valence-corrected chi connectivity index (χ4v) is 6.09. The van der Waals surface area contributed by atoms with Gasteiger partial charge < -0.3 is 5.32 Å². The number of anilines is 2. The summed E-state index contributed by atoms with van der Waals surface area (Å²) in [6.07, 6.45) is 0. The standard InChI is InChI=1S/C26H24N4O4S/c1-17-13-14-22-21(15-17)20-11-7-8-12-23(20)35(33,34)29(22)16-24(31)27-25-18(2)28(3)30(26(25)32)19-9-5-4-6-10-19/h4-15H,16H2,1-3H3,(H,27,31). The van der Waals surface area contributed by atoms with Crippen LogP contribution in [0.4, 0.5) is 11.4 Å². The Morgan fingerprint density at radius 3 is 2.34 bits per heavy atom. The molecule has 1 N–H and O–H groups in total. The smallest absolute Gasteiger partial charge is 0.295 e. The number of nitrogens with zero attached hydrogens (tertiary/aromatic N) is 3. The Morgan fingerprint density at radius 1 is 0.914 bits per heavy atom. The maximum absolute atomic E-state index is 13.5. The zero-order valence-corrected chi connectivity index (χ0v) is 20.3. The van der Waals surface area contributed by atoms with E-state index in [2.05, 4.69) is 5.32 Å². The van der Waals surface area contributed by atoms with Gasteiger partial charge in [-0.2, -0.15) is 0 Å². The van der Waals surface area contributed by atoms with Crippen LogP contribution in [0.1, 0.15) is 11.3 Å². The summed E-state index contributed by atoms with van der Waals surface area (Å²) < 4.78 is 31.2. The van der Waals surface area contributed by atoms with Crippen molar-refractivity contribution in [3.63, 3.8) is 0 Å². The molecule has 4 aromatic rings. The molecular formula is C26H24N4O4S. The van der Waals surface area contributed by atoms with Gasteiger partial charge in [-0.15, -0.1) is 0 Å². The Balaban J connectivity index is 1.52. The molecule has 1 aromatic heterocycles. The minimum atomic E-state index is -3.98. The number of carbonyl (C=O) groups excluding carboxylic acids is 1. The Bertz CT molecular complexity index is 1640. The van der Waals surface area contributed by atoms with Crippen molar-refractivity contribution in [1.29, 1.82) is 0 Å². The SMILES string of the molecule is Cc1ccc2c(c1)-c1ccccc1S(=O)(=O)N2CC(=O)Nc1c(C)n(C)n(-c2ccccc2)c1=O. The second kappa shape index (κ2) is 8.28. The van der Waals surface area contributed by atoms with E-state index in [0.29, 0.717) is 22.6 Å². The highest BCUT2D eigenvalue weighted by Gasteiger charge is 2.36. The largest absolute Gasteiger partial charge is 0.318 e. The number of aromatic nitrogens is 2. The second-order valence-electron chi connectivity index (χ2n) is 8.51. The minimum Gasteiger partial charge on any atom is -0.318 e. The number of rotatable bonds is 4. The van der Waals surface area contributed by atoms with E-state index >= 15 is 0 Å². The van der Waals surface area contributed by atoms with Gasteiger partial charge in [-0.25, -0.2) is 13.1 Å². The Labute approximate surface area is 203 Å². The fraction of sp³-hybridized carbons (Fsp3) is 0.154. The van der Waals surface area contributed by atoms with E-state index in [4.69, 9.17) is 0 Å². The van der Waals surface area contributed by atoms with Gasteiger partial charge in [-0.05, 0) is 44.2 Å². The molecule has 0 aliphatic carbocycles. The number of para-hydroxylation sites is 1. The van der Waals surface area contributed by atoms with Crippen molar-refractivity contribution >= 4 is 27.3 Å². The van der Waals surface area contributed by atoms with E-state index in [9.17, 15) is 18.0 Å². The summed E-state index contributed by atoms with van der Waals surface area (Å²) in [5, 5.41) is 2.66. The minimum absolute atomic E-state index is 0.111. The van der Waals surface area contributed by atoms with E-state index in [0.717, 1.165) is 15.4 Å². The molecule has 0 bridgehead atoms. The van der Waals surface area contributed by atoms with E-state index < -0.39 is 28.0 Å². The molecule has 8 nitrogen and oxygen atoms in total. The van der Waals surface area contributed by atoms with Crippen LogP contribution in [0.3, 0.4) is 0 Å². The average molecular weight is 489 g/mol. The third-order valence-corrected chi connectivity index (χ3v) is 8.09. The lowest BCUT2D eigenvalue weighted by atomic mass is 10.0. The number of fused-ring (bicyclic) bond motifs is 3. The second-order valence-corrected chi connectivity index (χ2v) is 10.3. The van der Waals surface area contributed by atoms with Crippen molar-refractivity contribution in [2.24, 2.45) is 7.05 Å². The molecule has 1 aliphatic heterocycles. The maximum atomic E-state index is 13.5. The van der Waals surface area contributed by atoms with Crippen LogP contribution in [0.25, 0.3) is 16.8 Å². The highest BCUT2D eigenvalue weighted by Crippen LogP contribution is 2.43. The molecule has 5 rings (SSSR count). The van der Waals surface area contributed by atoms with E-state index in [1.165, 1.54) is 4.68 Å². The van der Waals surface area contributed by atoms with Gasteiger partial charge in [-0.1, -0.05) is 48.0 Å². The number of benzene rings is 3. The molecular weight excluding hydrogens is 464 g/mol. The van der Waals surface area contributed by atoms with Crippen LogP contribution in [0.5, 0.6) is 0 Å². The van der Waals surface area contributed by atoms with Gasteiger partial charge in [0.2, 0.25) is 5.91 Å². The molecule has 2 heterocycles. The van der Waals surface area contributed by atoms with Crippen molar-refractivity contribution in [3.8, 4) is 16.8 Å². The van der Waals surface area contributed by atoms with Crippen molar-refractivity contribution in [1.82, 2.24) is 9.36 Å². The Morgan fingerprint density at radius 2 is 1.60 bits per heavy atom. The molecule has 1 amide bonds. The maximum Gasteiger partial charge on any atom is 0.295 e. The average Bonchev–Trinajstić information content (AvgIpc) is 3.05. The summed E-state index contributed by atoms with van der Waals surface area (Å²) in [5.41, 5.74) is 3.67. The molecule has 0 saturated carbocycles. The van der Waals surface area contributed by atoms with Crippen molar-refractivity contribution < 1.29 is 13.2 Å². The summed E-state index contributed by atoms with van der Waals surface area (Å²) in [5.74, 6) is -0.606. The summed E-state index contributed by atoms with van der Waals surface area (Å²) in [7, 11) is -2.25. The van der Waals surface area contributed by atoms with E-state index in [-0.39, 0.29) is 10.6 Å². The van der Waals surface area contributed by atoms with Gasteiger partial charge >= 0.3 is 0 Å². The lowest BCUT2D eigenvalue weighted by Gasteiger charge is -2.31. The van der Waals surface area contributed by atoms with Crippen LogP contribution in [-0.4, -0.2) is 30.2 Å². The van der Waals surface area contributed by atoms with Gasteiger partial charge in [0.25, 0.3) is 15.6 Å². The molecule has 35 heavy (non-hydrogen) atoms. The fourth-order valence-electron chi connectivity index (χ4n) is 4.44. The normalized spacial score (nSPS) is 13.7. The van der Waals surface area contributed by atoms with Crippen molar-refractivity contribution in [2.45, 2.75) is 18.7 Å². The third kappa shape index (κ3) is 3.64. The lowest BCUT2D eigenvalue weighted by molar-refractivity contribution is -0.114. The number of hydrogen-bond donors (Lipinski definition) is 1. The molecule has 3 aromatic carbocycles. The van der Waals surface area contributed by atoms with Crippen LogP contribution in [0.2, 0.25) is 0 Å². The molecule has 178 valence electrons. The number of hydrogen-bond acceptors (Lipinski definition) is 4. The molecule has 0 spiro atoms. The van der Waals surface area contributed by atoms with Crippen LogP contribution < -0.4 is 15.2 Å². The molecule has 1 aliphatic rings. The molecule has 0 unspecified atom stereocenters. The predicted octanol–water partition coefficient (Wildman–Crippen LogP) is 3.61. The first kappa shape index (κ1) is 22.7. The quantitative estimate of drug-likeness (QED) is 0.475. The molecule has 0 fully saturated rings. The summed E-state index contributed by atoms with van der Waals surface area (Å²) in [4.78, 5) is 26.5. The molecule has 0 radical (unpaired) electrons. The number of sulfonamides is 1. The van der Waals surface area contributed by atoms with Crippen LogP contribution in [-0.2, 0) is 21.9 Å². The third-order valence-electron chi connectivity index (χ3n) is 6.27. The number of nitrogens with one attached hydrogen (secondary N) is 1. The molecule has 0 saturated heterocycles. The summed E-state index contributed by atoms with van der Waals surface area (Å²) >= 11 is 0. The first-order chi connectivity index (χ1) is 16.7. The lowest BCUT2D eigenvalue weighted by Crippen LogP contribution is -2.40. The zero-order chi connectivity index (χ0) is 24.9. The number of amides is 1. The highest BCUT2D eigenvalue weighted by atomic mass is 32.2. The monoisotopic (exact) mass is 488 g/mol. The number of carbonyl (C=O) groups is 1. The van der Waals surface area contributed by atoms with E-state index in [1.807, 2.05) is 37.3 Å². The van der Waals surface area contributed by atoms with Gasteiger partial charge in [0.15, 0.2) is 0 Å².